The molecule has 2 aliphatic heterocycles. The first-order valence-electron chi connectivity index (χ1n) is 6.76. The lowest BCUT2D eigenvalue weighted by Gasteiger charge is -2.24. The largest absolute Gasteiger partial charge is 0.486 e. The van der Waals surface area contributed by atoms with E-state index in [0.29, 0.717) is 19.8 Å². The molecule has 0 saturated carbocycles. The Bertz CT molecular complexity index is 518. The number of nitrogens with zero attached hydrogens (tertiary/aromatic N) is 1. The highest BCUT2D eigenvalue weighted by Crippen LogP contribution is 2.35. The Morgan fingerprint density at radius 2 is 2.00 bits per heavy atom. The van der Waals surface area contributed by atoms with Crippen LogP contribution in [0.1, 0.15) is 11.6 Å². The molecule has 1 amide bonds. The molecular weight excluding hydrogens is 258 g/mol. The summed E-state index contributed by atoms with van der Waals surface area (Å²) in [4.78, 5) is 13.8. The van der Waals surface area contributed by atoms with Crippen molar-refractivity contribution in [1.82, 2.24) is 15.8 Å². The number of nitrogens with one attached hydrogen (secondary N) is 2. The summed E-state index contributed by atoms with van der Waals surface area (Å²) in [7, 11) is 3.56. The van der Waals surface area contributed by atoms with Gasteiger partial charge in [-0.25, -0.2) is 5.43 Å². The van der Waals surface area contributed by atoms with Gasteiger partial charge in [-0.15, -0.1) is 0 Å². The topological polar surface area (TPSA) is 62.8 Å². The molecule has 108 valence electrons. The highest BCUT2D eigenvalue weighted by atomic mass is 16.6. The molecule has 0 spiro atoms. The van der Waals surface area contributed by atoms with E-state index >= 15 is 0 Å². The summed E-state index contributed by atoms with van der Waals surface area (Å²) in [6.45, 7) is 1.76. The monoisotopic (exact) mass is 277 g/mol. The molecule has 2 atom stereocenters. The number of hydrogen-bond acceptors (Lipinski definition) is 5. The number of fused-ring (bicyclic) bond motifs is 1. The molecule has 2 heterocycles. The summed E-state index contributed by atoms with van der Waals surface area (Å²) in [6.07, 6.45) is 0. The Labute approximate surface area is 118 Å². The highest BCUT2D eigenvalue weighted by Gasteiger charge is 2.35. The SMILES string of the molecule is CN(C)C(=O)C1CNNC1c1ccc2c(c1)OCCO2. The van der Waals surface area contributed by atoms with Gasteiger partial charge in [0.05, 0.1) is 12.0 Å². The second-order valence-electron chi connectivity index (χ2n) is 5.25. The summed E-state index contributed by atoms with van der Waals surface area (Å²) >= 11 is 0. The van der Waals surface area contributed by atoms with Crippen molar-refractivity contribution < 1.29 is 14.3 Å². The third-order valence-electron chi connectivity index (χ3n) is 3.67. The maximum absolute atomic E-state index is 12.2. The number of hydrazine groups is 1. The third kappa shape index (κ3) is 2.32. The Kier molecular flexibility index (Phi) is 3.50. The van der Waals surface area contributed by atoms with Gasteiger partial charge in [-0.05, 0) is 17.7 Å². The van der Waals surface area contributed by atoms with E-state index in [2.05, 4.69) is 10.9 Å². The quantitative estimate of drug-likeness (QED) is 0.815. The van der Waals surface area contributed by atoms with E-state index in [4.69, 9.17) is 9.47 Å². The van der Waals surface area contributed by atoms with Gasteiger partial charge < -0.3 is 14.4 Å². The molecule has 6 nitrogen and oxygen atoms in total. The van der Waals surface area contributed by atoms with Crippen molar-refractivity contribution in [2.75, 3.05) is 33.9 Å². The average Bonchev–Trinajstić information content (AvgIpc) is 2.95. The van der Waals surface area contributed by atoms with Crippen LogP contribution in [0.25, 0.3) is 0 Å². The molecule has 0 aromatic heterocycles. The van der Waals surface area contributed by atoms with Crippen molar-refractivity contribution in [3.05, 3.63) is 23.8 Å². The summed E-state index contributed by atoms with van der Waals surface area (Å²) in [5.41, 5.74) is 7.27. The molecule has 2 N–H and O–H groups in total. The normalized spacial score (nSPS) is 24.5. The zero-order chi connectivity index (χ0) is 14.1. The van der Waals surface area contributed by atoms with Crippen LogP contribution in [-0.4, -0.2) is 44.7 Å². The molecule has 0 aliphatic carbocycles. The lowest BCUT2D eigenvalue weighted by molar-refractivity contribution is -0.132. The van der Waals surface area contributed by atoms with Crippen molar-refractivity contribution in [3.63, 3.8) is 0 Å². The van der Waals surface area contributed by atoms with Crippen LogP contribution < -0.4 is 20.3 Å². The average molecular weight is 277 g/mol. The minimum absolute atomic E-state index is 0.0549. The van der Waals surface area contributed by atoms with Crippen LogP contribution in [0.4, 0.5) is 0 Å². The minimum Gasteiger partial charge on any atom is -0.486 e. The molecule has 1 fully saturated rings. The number of carbonyl (C=O) groups excluding carboxylic acids is 1. The van der Waals surface area contributed by atoms with Crippen molar-refractivity contribution in [2.24, 2.45) is 5.92 Å². The van der Waals surface area contributed by atoms with Crippen LogP contribution in [0, 0.1) is 5.92 Å². The maximum atomic E-state index is 12.2. The molecule has 0 bridgehead atoms. The van der Waals surface area contributed by atoms with E-state index in [9.17, 15) is 4.79 Å². The van der Waals surface area contributed by atoms with Crippen LogP contribution in [0.3, 0.4) is 0 Å². The molecule has 3 rings (SSSR count). The summed E-state index contributed by atoms with van der Waals surface area (Å²) < 4.78 is 11.1. The smallest absolute Gasteiger partial charge is 0.228 e. The van der Waals surface area contributed by atoms with Crippen LogP contribution in [0.2, 0.25) is 0 Å². The Balaban J connectivity index is 1.86. The maximum Gasteiger partial charge on any atom is 0.228 e. The second kappa shape index (κ2) is 5.30. The van der Waals surface area contributed by atoms with Gasteiger partial charge in [-0.2, -0.15) is 0 Å². The van der Waals surface area contributed by atoms with Gasteiger partial charge in [0.25, 0.3) is 0 Å². The van der Waals surface area contributed by atoms with E-state index < -0.39 is 0 Å². The van der Waals surface area contributed by atoms with E-state index in [1.807, 2.05) is 18.2 Å². The fourth-order valence-corrected chi connectivity index (χ4v) is 2.63. The lowest BCUT2D eigenvalue weighted by atomic mass is 9.93. The van der Waals surface area contributed by atoms with Gasteiger partial charge in [0.15, 0.2) is 11.5 Å². The number of carbonyl (C=O) groups is 1. The summed E-state index contributed by atoms with van der Waals surface area (Å²) in [5.74, 6) is 1.51. The third-order valence-corrected chi connectivity index (χ3v) is 3.67. The Morgan fingerprint density at radius 1 is 1.25 bits per heavy atom. The van der Waals surface area contributed by atoms with Crippen LogP contribution in [0.15, 0.2) is 18.2 Å². The number of benzene rings is 1. The van der Waals surface area contributed by atoms with Gasteiger partial charge in [0.2, 0.25) is 5.91 Å². The van der Waals surface area contributed by atoms with E-state index in [-0.39, 0.29) is 17.9 Å². The molecule has 2 unspecified atom stereocenters. The predicted octanol–water partition coefficient (Wildman–Crippen LogP) is 0.311. The van der Waals surface area contributed by atoms with E-state index in [1.165, 1.54) is 0 Å². The number of amides is 1. The van der Waals surface area contributed by atoms with Gasteiger partial charge >= 0.3 is 0 Å². The highest BCUT2D eigenvalue weighted by molar-refractivity contribution is 5.80. The molecular formula is C14H19N3O3. The Morgan fingerprint density at radius 3 is 2.75 bits per heavy atom. The Hall–Kier alpha value is -1.79. The zero-order valence-corrected chi connectivity index (χ0v) is 11.7. The number of hydrogen-bond donors (Lipinski definition) is 2. The molecule has 1 aromatic rings. The predicted molar refractivity (Wildman–Crippen MR) is 73.5 cm³/mol. The van der Waals surface area contributed by atoms with Crippen molar-refractivity contribution >= 4 is 5.91 Å². The van der Waals surface area contributed by atoms with Crippen molar-refractivity contribution in [3.8, 4) is 11.5 Å². The first-order valence-corrected chi connectivity index (χ1v) is 6.76. The fourth-order valence-electron chi connectivity index (χ4n) is 2.63. The van der Waals surface area contributed by atoms with E-state index in [1.54, 1.807) is 19.0 Å². The van der Waals surface area contributed by atoms with Crippen LogP contribution in [0.5, 0.6) is 11.5 Å². The van der Waals surface area contributed by atoms with Gasteiger partial charge in [-0.1, -0.05) is 6.07 Å². The fraction of sp³-hybridized carbons (Fsp3) is 0.500. The number of rotatable bonds is 2. The molecule has 2 aliphatic rings. The molecule has 6 heteroatoms. The van der Waals surface area contributed by atoms with Crippen molar-refractivity contribution in [2.45, 2.75) is 6.04 Å². The van der Waals surface area contributed by atoms with Crippen molar-refractivity contribution in [1.29, 1.82) is 0 Å². The molecule has 1 saturated heterocycles. The summed E-state index contributed by atoms with van der Waals surface area (Å²) in [5, 5.41) is 0. The van der Waals surface area contributed by atoms with Crippen LogP contribution >= 0.6 is 0 Å². The number of ether oxygens (including phenoxy) is 2. The first kappa shape index (κ1) is 13.2. The standard InChI is InChI=1S/C14H19N3O3/c1-17(2)14(18)10-8-15-16-13(10)9-3-4-11-12(7-9)20-6-5-19-11/h3-4,7,10,13,15-16H,5-6,8H2,1-2H3. The van der Waals surface area contributed by atoms with Gasteiger partial charge in [0, 0.05) is 20.6 Å². The molecule has 0 radical (unpaired) electrons. The minimum atomic E-state index is -0.118. The first-order chi connectivity index (χ1) is 9.66. The summed E-state index contributed by atoms with van der Waals surface area (Å²) in [6, 6.07) is 5.78. The zero-order valence-electron chi connectivity index (χ0n) is 11.7. The van der Waals surface area contributed by atoms with Crippen LogP contribution in [-0.2, 0) is 4.79 Å². The second-order valence-corrected chi connectivity index (χ2v) is 5.25. The lowest BCUT2D eigenvalue weighted by Crippen LogP contribution is -2.34. The van der Waals surface area contributed by atoms with E-state index in [0.717, 1.165) is 17.1 Å². The molecule has 20 heavy (non-hydrogen) atoms. The van der Waals surface area contributed by atoms with Gasteiger partial charge in [0.1, 0.15) is 13.2 Å². The molecule has 1 aromatic carbocycles. The van der Waals surface area contributed by atoms with Gasteiger partial charge in [-0.3, -0.25) is 10.2 Å².